The predicted octanol–water partition coefficient (Wildman–Crippen LogP) is 2.37. The van der Waals surface area contributed by atoms with Crippen molar-refractivity contribution in [3.8, 4) is 0 Å². The van der Waals surface area contributed by atoms with Crippen LogP contribution in [-0.4, -0.2) is 87.2 Å². The molecular formula is C21H44N2O2Si2. The van der Waals surface area contributed by atoms with Crippen LogP contribution in [0.4, 0.5) is 0 Å². The van der Waals surface area contributed by atoms with Crippen LogP contribution in [0.1, 0.15) is 52.4 Å². The molecule has 0 bridgehead atoms. The van der Waals surface area contributed by atoms with E-state index in [1.165, 1.54) is 50.6 Å². The van der Waals surface area contributed by atoms with Gasteiger partial charge in [0.25, 0.3) is 0 Å². The lowest BCUT2D eigenvalue weighted by molar-refractivity contribution is -0.0392. The van der Waals surface area contributed by atoms with Crippen LogP contribution in [0.15, 0.2) is 11.3 Å². The van der Waals surface area contributed by atoms with E-state index in [2.05, 4.69) is 29.7 Å². The summed E-state index contributed by atoms with van der Waals surface area (Å²) in [6.45, 7) is 12.7. The van der Waals surface area contributed by atoms with Crippen molar-refractivity contribution in [2.45, 2.75) is 70.2 Å². The molecular weight excluding hydrogens is 368 g/mol. The lowest BCUT2D eigenvalue weighted by atomic mass is 10.1. The number of unbranched alkanes of at least 4 members (excludes halogenated alkanes) is 5. The fraction of sp³-hybridized carbons (Fsp3) is 0.905. The molecule has 2 fully saturated rings. The molecule has 6 heteroatoms. The molecule has 2 saturated heterocycles. The van der Waals surface area contributed by atoms with Crippen molar-refractivity contribution >= 4 is 19.0 Å². The van der Waals surface area contributed by atoms with Crippen molar-refractivity contribution in [1.29, 1.82) is 0 Å². The number of morpholine rings is 2. The molecule has 2 rings (SSSR count). The topological polar surface area (TPSA) is 24.9 Å². The van der Waals surface area contributed by atoms with Crippen LogP contribution in [0.2, 0.25) is 12.1 Å². The first-order valence-electron chi connectivity index (χ1n) is 11.6. The number of rotatable bonds is 13. The van der Waals surface area contributed by atoms with Crippen molar-refractivity contribution in [2.24, 2.45) is 0 Å². The Hall–Kier alpha value is 0.0138. The van der Waals surface area contributed by atoms with Crippen LogP contribution in [0, 0.1) is 0 Å². The van der Waals surface area contributed by atoms with Gasteiger partial charge < -0.3 is 9.47 Å². The number of hydrogen-bond acceptors (Lipinski definition) is 4. The van der Waals surface area contributed by atoms with Crippen LogP contribution in [0.5, 0.6) is 0 Å². The molecule has 0 atom stereocenters. The average molecular weight is 413 g/mol. The van der Waals surface area contributed by atoms with Crippen molar-refractivity contribution in [2.75, 3.05) is 52.6 Å². The second-order valence-corrected chi connectivity index (χ2v) is 12.6. The Morgan fingerprint density at radius 1 is 0.815 bits per heavy atom. The van der Waals surface area contributed by atoms with E-state index in [0.29, 0.717) is 0 Å². The number of ether oxygens (including phenoxy) is 2. The van der Waals surface area contributed by atoms with Gasteiger partial charge >= 0.3 is 0 Å². The van der Waals surface area contributed by atoms with Crippen LogP contribution in [0.3, 0.4) is 0 Å². The summed E-state index contributed by atoms with van der Waals surface area (Å²) in [5, 5.41) is 1.69. The maximum Gasteiger partial charge on any atom is 0.0594 e. The second kappa shape index (κ2) is 14.9. The Kier molecular flexibility index (Phi) is 12.9. The van der Waals surface area contributed by atoms with Gasteiger partial charge in [-0.1, -0.05) is 61.9 Å². The van der Waals surface area contributed by atoms with Gasteiger partial charge in [-0.2, -0.15) is 0 Å². The molecule has 0 aromatic heterocycles. The fourth-order valence-corrected chi connectivity index (χ4v) is 8.20. The lowest BCUT2D eigenvalue weighted by Gasteiger charge is -2.43. The molecule has 4 nitrogen and oxygen atoms in total. The molecule has 158 valence electrons. The Balaban J connectivity index is 1.54. The van der Waals surface area contributed by atoms with Gasteiger partial charge in [0.1, 0.15) is 0 Å². The highest BCUT2D eigenvalue weighted by molar-refractivity contribution is 6.44. The molecule has 0 aromatic rings. The molecule has 0 radical (unpaired) electrons. The molecule has 27 heavy (non-hydrogen) atoms. The zero-order chi connectivity index (χ0) is 19.2. The van der Waals surface area contributed by atoms with E-state index in [1.54, 1.807) is 5.20 Å². The number of allylic oxidation sites excluding steroid dienone is 2. The van der Waals surface area contributed by atoms with Crippen molar-refractivity contribution in [3.05, 3.63) is 11.3 Å². The van der Waals surface area contributed by atoms with Gasteiger partial charge in [0.2, 0.25) is 0 Å². The molecule has 2 heterocycles. The molecule has 0 amide bonds. The van der Waals surface area contributed by atoms with Gasteiger partial charge in [-0.05, 0) is 13.8 Å². The van der Waals surface area contributed by atoms with Crippen LogP contribution >= 0.6 is 0 Å². The molecule has 2 aliphatic rings. The van der Waals surface area contributed by atoms with E-state index in [0.717, 1.165) is 58.4 Å². The highest BCUT2D eigenvalue weighted by Crippen LogP contribution is 2.15. The highest BCUT2D eigenvalue weighted by atomic mass is 28.2. The van der Waals surface area contributed by atoms with E-state index in [-0.39, 0.29) is 19.0 Å². The van der Waals surface area contributed by atoms with Gasteiger partial charge in [-0.3, -0.25) is 9.80 Å². The first kappa shape index (κ1) is 23.3. The Morgan fingerprint density at radius 2 is 1.30 bits per heavy atom. The Morgan fingerprint density at radius 3 is 1.81 bits per heavy atom. The number of hydrogen-bond donors (Lipinski definition) is 0. The standard InChI is InChI=1S/C21H44N2O2Si2/c1-3-20(2)26-18-8-6-4-5-7-9-19-27-21(22-10-14-24-15-11-22)23-12-16-25-17-13-23/h3,21H,4-19,26-27H2,1-2H3. The molecule has 0 saturated carbocycles. The van der Waals surface area contributed by atoms with E-state index in [4.69, 9.17) is 9.47 Å². The maximum absolute atomic E-state index is 5.58. The predicted molar refractivity (Wildman–Crippen MR) is 122 cm³/mol. The van der Waals surface area contributed by atoms with E-state index in [9.17, 15) is 0 Å². The SMILES string of the molecule is CC=C(C)[SiH2]CCCCCCCC[SiH2]C(N1CCOCC1)N1CCOCC1. The van der Waals surface area contributed by atoms with Gasteiger partial charge in [0, 0.05) is 41.5 Å². The third-order valence-corrected chi connectivity index (χ3v) is 10.7. The first-order valence-corrected chi connectivity index (χ1v) is 15.1. The third-order valence-electron chi connectivity index (χ3n) is 6.21. The summed E-state index contributed by atoms with van der Waals surface area (Å²) in [6.07, 6.45) is 11.1. The van der Waals surface area contributed by atoms with Gasteiger partial charge in [-0.15, -0.1) is 0 Å². The van der Waals surface area contributed by atoms with E-state index >= 15 is 0 Å². The molecule has 0 aliphatic carbocycles. The smallest absolute Gasteiger partial charge is 0.0594 e. The van der Waals surface area contributed by atoms with Gasteiger partial charge in [-0.25, -0.2) is 0 Å². The van der Waals surface area contributed by atoms with Crippen LogP contribution in [-0.2, 0) is 9.47 Å². The average Bonchev–Trinajstić information content (AvgIpc) is 2.73. The molecule has 2 aliphatic heterocycles. The van der Waals surface area contributed by atoms with Crippen molar-refractivity contribution in [1.82, 2.24) is 9.80 Å². The van der Waals surface area contributed by atoms with Crippen molar-refractivity contribution in [3.63, 3.8) is 0 Å². The quantitative estimate of drug-likeness (QED) is 0.342. The minimum atomic E-state index is -0.0838. The molecule has 0 spiro atoms. The van der Waals surface area contributed by atoms with Gasteiger partial charge in [0.05, 0.1) is 35.9 Å². The van der Waals surface area contributed by atoms with E-state index in [1.807, 2.05) is 0 Å². The summed E-state index contributed by atoms with van der Waals surface area (Å²) >= 11 is 0. The second-order valence-electron chi connectivity index (χ2n) is 8.28. The van der Waals surface area contributed by atoms with Gasteiger partial charge in [0.15, 0.2) is 0 Å². The minimum absolute atomic E-state index is 0.0838. The lowest BCUT2D eigenvalue weighted by Crippen LogP contribution is -2.58. The summed E-state index contributed by atoms with van der Waals surface area (Å²) in [4.78, 5) is 5.44. The first-order chi connectivity index (χ1) is 13.3. The number of nitrogens with zero attached hydrogens (tertiary/aromatic N) is 2. The summed E-state index contributed by atoms with van der Waals surface area (Å²) in [6, 6.07) is 3.02. The van der Waals surface area contributed by atoms with Crippen molar-refractivity contribution < 1.29 is 9.47 Å². The zero-order valence-electron chi connectivity index (χ0n) is 18.1. The van der Waals surface area contributed by atoms with E-state index < -0.39 is 0 Å². The summed E-state index contributed by atoms with van der Waals surface area (Å²) in [7, 11) is 0.0146. The summed E-state index contributed by atoms with van der Waals surface area (Å²) < 4.78 is 11.2. The summed E-state index contributed by atoms with van der Waals surface area (Å²) in [5.41, 5.74) is 0. The maximum atomic E-state index is 5.58. The largest absolute Gasteiger partial charge is 0.379 e. The Labute approximate surface area is 172 Å². The Bertz CT molecular complexity index is 380. The highest BCUT2D eigenvalue weighted by Gasteiger charge is 2.27. The minimum Gasteiger partial charge on any atom is -0.379 e. The zero-order valence-corrected chi connectivity index (χ0v) is 20.9. The third kappa shape index (κ3) is 9.86. The normalized spacial score (nSPS) is 21.4. The van der Waals surface area contributed by atoms with Crippen LogP contribution < -0.4 is 0 Å². The monoisotopic (exact) mass is 412 g/mol. The van der Waals surface area contributed by atoms with Crippen LogP contribution in [0.25, 0.3) is 0 Å². The molecule has 0 unspecified atom stereocenters. The molecule has 0 aromatic carbocycles. The summed E-state index contributed by atoms with van der Waals surface area (Å²) in [5.74, 6) is 0.748. The fourth-order valence-electron chi connectivity index (χ4n) is 4.28. The molecule has 0 N–H and O–H groups in total.